The third-order valence-corrected chi connectivity index (χ3v) is 5.97. The van der Waals surface area contributed by atoms with Crippen LogP contribution in [0.3, 0.4) is 0 Å². The number of hydrogen-bond acceptors (Lipinski definition) is 7. The molecular weight excluding hydrogens is 434 g/mol. The van der Waals surface area contributed by atoms with E-state index in [1.807, 2.05) is 18.2 Å². The molecule has 170 valence electrons. The van der Waals surface area contributed by atoms with Gasteiger partial charge in [-0.1, -0.05) is 42.5 Å². The zero-order chi connectivity index (χ0) is 24.0. The Hall–Kier alpha value is -4.66. The van der Waals surface area contributed by atoms with Crippen LogP contribution in [0.25, 0.3) is 0 Å². The lowest BCUT2D eigenvalue weighted by Crippen LogP contribution is -2.33. The van der Waals surface area contributed by atoms with Gasteiger partial charge in [-0.3, -0.25) is 19.6 Å². The first-order valence-corrected chi connectivity index (χ1v) is 10.6. The maximum atomic E-state index is 13.4. The fourth-order valence-electron chi connectivity index (χ4n) is 4.41. The molecule has 0 saturated carbocycles. The number of pyridine rings is 1. The fourth-order valence-corrected chi connectivity index (χ4v) is 4.41. The first kappa shape index (κ1) is 21.2. The number of nitrogens with zero attached hydrogens (tertiary/aromatic N) is 1. The van der Waals surface area contributed by atoms with E-state index in [4.69, 9.17) is 10.5 Å². The third kappa shape index (κ3) is 3.34. The minimum Gasteiger partial charge on any atom is -0.497 e. The highest BCUT2D eigenvalue weighted by Gasteiger charge is 2.35. The van der Waals surface area contributed by atoms with Crippen LogP contribution in [0.5, 0.6) is 5.75 Å². The van der Waals surface area contributed by atoms with Gasteiger partial charge < -0.3 is 15.8 Å². The van der Waals surface area contributed by atoms with Crippen LogP contribution in [0.2, 0.25) is 0 Å². The number of methoxy groups -OCH3 is 1. The van der Waals surface area contributed by atoms with Gasteiger partial charge in [0.1, 0.15) is 17.4 Å². The zero-order valence-electron chi connectivity index (χ0n) is 18.4. The van der Waals surface area contributed by atoms with Gasteiger partial charge in [0.05, 0.1) is 29.6 Å². The first-order valence-electron chi connectivity index (χ1n) is 10.6. The molecule has 0 bridgehead atoms. The molecule has 3 heterocycles. The topological polar surface area (TPSA) is 143 Å². The smallest absolute Gasteiger partial charge is 0.327 e. The number of rotatable bonds is 4. The molecule has 9 nitrogen and oxygen atoms in total. The number of hydrogen-bond donors (Lipinski definition) is 4. The van der Waals surface area contributed by atoms with Crippen molar-refractivity contribution in [3.63, 3.8) is 0 Å². The van der Waals surface area contributed by atoms with E-state index in [1.54, 1.807) is 50.4 Å². The first-order chi connectivity index (χ1) is 16.4. The number of aromatic amines is 2. The molecule has 0 radical (unpaired) electrons. The molecule has 0 saturated heterocycles. The van der Waals surface area contributed by atoms with E-state index >= 15 is 0 Å². The number of H-pyrrole nitrogens is 2. The van der Waals surface area contributed by atoms with Crippen molar-refractivity contribution in [2.45, 2.75) is 12.8 Å². The van der Waals surface area contributed by atoms with Crippen molar-refractivity contribution in [3.8, 4) is 5.75 Å². The van der Waals surface area contributed by atoms with E-state index in [0.29, 0.717) is 28.4 Å². The van der Waals surface area contributed by atoms with Crippen LogP contribution in [-0.4, -0.2) is 27.8 Å². The number of anilines is 3. The number of carbonyl (C=O) groups excluding carboxylic acids is 1. The SMILES string of the molecule is COc1ccc(C2c3c(nc(C)c(C(=O)c4ccccc4)c3N)Nc3[nH]c(=O)[nH]c(=O)c32)cc1. The fraction of sp³-hybridized carbons (Fsp3) is 0.120. The molecule has 5 rings (SSSR count). The van der Waals surface area contributed by atoms with Gasteiger partial charge in [0, 0.05) is 17.0 Å². The summed E-state index contributed by atoms with van der Waals surface area (Å²) in [4.78, 5) is 47.9. The number of aryl methyl sites for hydroxylation is 1. The molecule has 9 heteroatoms. The number of nitrogen functional groups attached to an aromatic ring is 1. The Bertz CT molecular complexity index is 1540. The van der Waals surface area contributed by atoms with E-state index in [0.717, 1.165) is 5.56 Å². The van der Waals surface area contributed by atoms with Crippen molar-refractivity contribution >= 4 is 23.1 Å². The molecule has 2 aromatic carbocycles. The van der Waals surface area contributed by atoms with E-state index in [1.165, 1.54) is 0 Å². The van der Waals surface area contributed by atoms with Gasteiger partial charge in [-0.05, 0) is 24.6 Å². The molecule has 5 N–H and O–H groups in total. The van der Waals surface area contributed by atoms with Gasteiger partial charge in [-0.15, -0.1) is 0 Å². The molecule has 0 aliphatic carbocycles. The molecule has 0 spiro atoms. The maximum Gasteiger partial charge on any atom is 0.327 e. The maximum absolute atomic E-state index is 13.4. The van der Waals surface area contributed by atoms with Crippen molar-refractivity contribution in [3.05, 3.63) is 109 Å². The van der Waals surface area contributed by atoms with Gasteiger partial charge >= 0.3 is 5.69 Å². The summed E-state index contributed by atoms with van der Waals surface area (Å²) in [6.45, 7) is 1.70. The van der Waals surface area contributed by atoms with Crippen LogP contribution in [0.4, 0.5) is 17.3 Å². The van der Waals surface area contributed by atoms with Crippen molar-refractivity contribution in [1.82, 2.24) is 15.0 Å². The van der Waals surface area contributed by atoms with Crippen LogP contribution in [-0.2, 0) is 0 Å². The van der Waals surface area contributed by atoms with Gasteiger partial charge in [0.2, 0.25) is 0 Å². The minimum atomic E-state index is -0.687. The van der Waals surface area contributed by atoms with E-state index in [9.17, 15) is 14.4 Å². The Kier molecular flexibility index (Phi) is 5.01. The summed E-state index contributed by atoms with van der Waals surface area (Å²) in [5, 5.41) is 3.03. The average molecular weight is 455 g/mol. The summed E-state index contributed by atoms with van der Waals surface area (Å²) in [5.74, 6) is 0.293. The second-order valence-electron chi connectivity index (χ2n) is 7.97. The lowest BCUT2D eigenvalue weighted by Gasteiger charge is -2.30. The lowest BCUT2D eigenvalue weighted by molar-refractivity contribution is 0.103. The predicted molar refractivity (Wildman–Crippen MR) is 128 cm³/mol. The molecule has 0 amide bonds. The third-order valence-electron chi connectivity index (χ3n) is 5.97. The normalized spacial score (nSPS) is 14.0. The van der Waals surface area contributed by atoms with Gasteiger partial charge in [-0.2, -0.15) is 0 Å². The highest BCUT2D eigenvalue weighted by Crippen LogP contribution is 2.46. The number of nitrogens with two attached hydrogens (primary N) is 1. The van der Waals surface area contributed by atoms with Crippen LogP contribution in [0.15, 0.2) is 64.2 Å². The zero-order valence-corrected chi connectivity index (χ0v) is 18.4. The molecule has 1 aliphatic heterocycles. The minimum absolute atomic E-state index is 0.223. The predicted octanol–water partition coefficient (Wildman–Crippen LogP) is 2.83. The van der Waals surface area contributed by atoms with Gasteiger partial charge in [0.25, 0.3) is 5.56 Å². The number of ether oxygens (including phenoxy) is 1. The summed E-state index contributed by atoms with van der Waals surface area (Å²) in [6, 6.07) is 16.0. The molecule has 4 aromatic rings. The molecule has 34 heavy (non-hydrogen) atoms. The van der Waals surface area contributed by atoms with Gasteiger partial charge in [0.15, 0.2) is 5.78 Å². The van der Waals surface area contributed by atoms with Crippen molar-refractivity contribution < 1.29 is 9.53 Å². The van der Waals surface area contributed by atoms with Crippen LogP contribution in [0.1, 0.15) is 44.2 Å². The monoisotopic (exact) mass is 455 g/mol. The largest absolute Gasteiger partial charge is 0.497 e. The quantitative estimate of drug-likeness (QED) is 0.305. The van der Waals surface area contributed by atoms with Crippen molar-refractivity contribution in [2.75, 3.05) is 18.2 Å². The average Bonchev–Trinajstić information content (AvgIpc) is 2.83. The number of aromatic nitrogens is 3. The van der Waals surface area contributed by atoms with Gasteiger partial charge in [-0.25, -0.2) is 9.78 Å². The summed E-state index contributed by atoms with van der Waals surface area (Å²) >= 11 is 0. The van der Waals surface area contributed by atoms with Crippen molar-refractivity contribution in [1.29, 1.82) is 0 Å². The number of fused-ring (bicyclic) bond motifs is 2. The lowest BCUT2D eigenvalue weighted by atomic mass is 9.81. The number of benzene rings is 2. The summed E-state index contributed by atoms with van der Waals surface area (Å²) in [5.41, 5.74) is 8.33. The van der Waals surface area contributed by atoms with Crippen molar-refractivity contribution in [2.24, 2.45) is 0 Å². The molecule has 1 aliphatic rings. The second kappa shape index (κ2) is 8.04. The van der Waals surface area contributed by atoms with E-state index in [2.05, 4.69) is 20.3 Å². The van der Waals surface area contributed by atoms with Crippen LogP contribution in [0, 0.1) is 6.92 Å². The Morgan fingerprint density at radius 3 is 2.38 bits per heavy atom. The Labute approximate surface area is 193 Å². The highest BCUT2D eigenvalue weighted by molar-refractivity contribution is 6.13. The molecule has 0 fully saturated rings. The number of ketones is 1. The molecule has 2 aromatic heterocycles. The standard InChI is InChI=1S/C25H21N5O4/c1-12-16(21(31)14-6-4-3-5-7-14)20(26)18-17(13-8-10-15(34-2)11-9-13)19-23(28-22(18)27-12)29-25(33)30-24(19)32/h3-11,17H,1-2H3,(H5,26,27,28,29,30,32,33). The Balaban J connectivity index is 1.79. The highest BCUT2D eigenvalue weighted by atomic mass is 16.5. The number of carbonyl (C=O) groups is 1. The summed E-state index contributed by atoms with van der Waals surface area (Å²) < 4.78 is 5.26. The molecular formula is C25H21N5O4. The molecule has 1 unspecified atom stereocenters. The van der Waals surface area contributed by atoms with Crippen LogP contribution < -0.4 is 27.0 Å². The summed E-state index contributed by atoms with van der Waals surface area (Å²) in [7, 11) is 1.56. The van der Waals surface area contributed by atoms with E-state index < -0.39 is 17.2 Å². The second-order valence-corrected chi connectivity index (χ2v) is 7.97. The Morgan fingerprint density at radius 1 is 1.00 bits per heavy atom. The Morgan fingerprint density at radius 2 is 1.71 bits per heavy atom. The summed E-state index contributed by atoms with van der Waals surface area (Å²) in [6.07, 6.45) is 0. The molecule has 1 atom stereocenters. The number of nitrogens with one attached hydrogen (secondary N) is 3. The van der Waals surface area contributed by atoms with Crippen LogP contribution >= 0.6 is 0 Å². The van der Waals surface area contributed by atoms with E-state index in [-0.39, 0.29) is 28.4 Å².